The molecule has 1 aliphatic carbocycles. The summed E-state index contributed by atoms with van der Waals surface area (Å²) in [5.74, 6) is -1.94. The molecule has 4 amide bonds. The maximum atomic E-state index is 14.3. The molecule has 0 atom stereocenters. The fourth-order valence-electron chi connectivity index (χ4n) is 4.54. The lowest BCUT2D eigenvalue weighted by atomic mass is 9.77. The highest BCUT2D eigenvalue weighted by atomic mass is 19.1. The van der Waals surface area contributed by atoms with Crippen LogP contribution in [0.15, 0.2) is 12.1 Å². The minimum absolute atomic E-state index is 0.197. The van der Waals surface area contributed by atoms with Gasteiger partial charge in [-0.25, -0.2) is 13.6 Å². The molecule has 2 N–H and O–H groups in total. The lowest BCUT2D eigenvalue weighted by Gasteiger charge is -2.33. The Bertz CT molecular complexity index is 868. The van der Waals surface area contributed by atoms with Crippen LogP contribution in [0.25, 0.3) is 0 Å². The Morgan fingerprint density at radius 1 is 1.28 bits per heavy atom. The van der Waals surface area contributed by atoms with Crippen LogP contribution in [0.3, 0.4) is 0 Å². The topological polar surface area (TPSA) is 81.8 Å². The van der Waals surface area contributed by atoms with Gasteiger partial charge >= 0.3 is 6.03 Å². The third kappa shape index (κ3) is 3.54. The van der Waals surface area contributed by atoms with E-state index in [4.69, 9.17) is 0 Å². The predicted octanol–water partition coefficient (Wildman–Crippen LogP) is 2.25. The average molecular weight is 406 g/mol. The third-order valence-corrected chi connectivity index (χ3v) is 6.16. The summed E-state index contributed by atoms with van der Waals surface area (Å²) in [5.41, 5.74) is 2.12. The number of hydrogen-bond acceptors (Lipinski definition) is 4. The number of hydrogen-bond donors (Lipinski definition) is 2. The Morgan fingerprint density at radius 3 is 2.72 bits per heavy atom. The van der Waals surface area contributed by atoms with Gasteiger partial charge in [-0.05, 0) is 56.1 Å². The van der Waals surface area contributed by atoms with Gasteiger partial charge in [0.1, 0.15) is 17.2 Å². The molecule has 29 heavy (non-hydrogen) atoms. The van der Waals surface area contributed by atoms with Gasteiger partial charge in [-0.2, -0.15) is 5.01 Å². The molecule has 9 heteroatoms. The number of amides is 4. The molecule has 1 aromatic carbocycles. The second kappa shape index (κ2) is 7.27. The molecule has 156 valence electrons. The molecule has 0 bridgehead atoms. The third-order valence-electron chi connectivity index (χ3n) is 6.16. The van der Waals surface area contributed by atoms with Crippen molar-refractivity contribution in [1.82, 2.24) is 15.8 Å². The molecule has 2 aliphatic heterocycles. The number of rotatable bonds is 3. The average Bonchev–Trinajstić information content (AvgIpc) is 2.88. The van der Waals surface area contributed by atoms with E-state index in [0.717, 1.165) is 23.9 Å². The first-order valence-electron chi connectivity index (χ1n) is 9.98. The van der Waals surface area contributed by atoms with Crippen LogP contribution in [-0.4, -0.2) is 41.5 Å². The van der Waals surface area contributed by atoms with Crippen LogP contribution < -0.4 is 15.6 Å². The number of nitrogens with one attached hydrogen (secondary N) is 2. The zero-order chi connectivity index (χ0) is 20.8. The summed E-state index contributed by atoms with van der Waals surface area (Å²) in [4.78, 5) is 39.2. The quantitative estimate of drug-likeness (QED) is 0.755. The van der Waals surface area contributed by atoms with Crippen LogP contribution >= 0.6 is 0 Å². The normalized spacial score (nSPS) is 26.5. The highest BCUT2D eigenvalue weighted by Crippen LogP contribution is 2.36. The molecule has 1 aromatic rings. The van der Waals surface area contributed by atoms with E-state index >= 15 is 0 Å². The molecule has 7 nitrogen and oxygen atoms in total. The smallest absolute Gasteiger partial charge is 0.344 e. The van der Waals surface area contributed by atoms with Crippen LogP contribution in [0.1, 0.15) is 44.6 Å². The van der Waals surface area contributed by atoms with Gasteiger partial charge in [0.15, 0.2) is 0 Å². The summed E-state index contributed by atoms with van der Waals surface area (Å²) in [7, 11) is 0. The number of benzene rings is 1. The number of halogens is 2. The predicted molar refractivity (Wildman–Crippen MR) is 101 cm³/mol. The fourth-order valence-corrected chi connectivity index (χ4v) is 4.54. The second-order valence-electron chi connectivity index (χ2n) is 8.29. The monoisotopic (exact) mass is 406 g/mol. The number of fused-ring (bicyclic) bond motifs is 1. The van der Waals surface area contributed by atoms with Crippen LogP contribution in [0.5, 0.6) is 0 Å². The summed E-state index contributed by atoms with van der Waals surface area (Å²) < 4.78 is 27.8. The number of aryl methyl sites for hydroxylation is 1. The van der Waals surface area contributed by atoms with Crippen molar-refractivity contribution in [2.75, 3.05) is 18.0 Å². The largest absolute Gasteiger partial charge is 0.360 e. The van der Waals surface area contributed by atoms with Crippen molar-refractivity contribution in [3.05, 3.63) is 29.3 Å². The molecule has 0 radical (unpaired) electrons. The number of hydrazine groups is 1. The van der Waals surface area contributed by atoms with E-state index in [1.807, 2.05) is 0 Å². The van der Waals surface area contributed by atoms with Crippen molar-refractivity contribution < 1.29 is 23.2 Å². The van der Waals surface area contributed by atoms with Crippen molar-refractivity contribution in [1.29, 1.82) is 0 Å². The van der Waals surface area contributed by atoms with E-state index in [-0.39, 0.29) is 12.2 Å². The van der Waals surface area contributed by atoms with Gasteiger partial charge in [0.2, 0.25) is 0 Å². The van der Waals surface area contributed by atoms with Gasteiger partial charge in [0, 0.05) is 12.6 Å². The van der Waals surface area contributed by atoms with Crippen molar-refractivity contribution >= 4 is 23.5 Å². The van der Waals surface area contributed by atoms with Gasteiger partial charge in [-0.15, -0.1) is 0 Å². The Hall–Kier alpha value is -2.71. The molecule has 1 saturated heterocycles. The summed E-state index contributed by atoms with van der Waals surface area (Å²) in [6, 6.07) is 1.42. The molecule has 2 heterocycles. The van der Waals surface area contributed by atoms with Gasteiger partial charge in [-0.1, -0.05) is 6.92 Å². The van der Waals surface area contributed by atoms with Crippen molar-refractivity contribution in [3.8, 4) is 0 Å². The lowest BCUT2D eigenvalue weighted by Crippen LogP contribution is -2.53. The molecule has 3 aliphatic rings. The fraction of sp³-hybridized carbons (Fsp3) is 0.550. The maximum Gasteiger partial charge on any atom is 0.344 e. The summed E-state index contributed by atoms with van der Waals surface area (Å²) in [6.45, 7) is 2.29. The van der Waals surface area contributed by atoms with Crippen molar-refractivity contribution in [2.45, 2.75) is 51.0 Å². The minimum Gasteiger partial charge on any atom is -0.360 e. The van der Waals surface area contributed by atoms with Crippen LogP contribution in [0.4, 0.5) is 19.3 Å². The SMILES string of the molecule is CC1CCC2(CC1)NC(=O)N(NC(=O)CN1CCCc3cc(F)cc(F)c31)C2=O. The molecule has 0 aromatic heterocycles. The van der Waals surface area contributed by atoms with Crippen molar-refractivity contribution in [3.63, 3.8) is 0 Å². The van der Waals surface area contributed by atoms with E-state index in [9.17, 15) is 23.2 Å². The zero-order valence-corrected chi connectivity index (χ0v) is 16.3. The van der Waals surface area contributed by atoms with Crippen LogP contribution in [-0.2, 0) is 16.0 Å². The number of carbonyl (C=O) groups excluding carboxylic acids is 3. The minimum atomic E-state index is -0.946. The molecule has 2 fully saturated rings. The lowest BCUT2D eigenvalue weighted by molar-refractivity contribution is -0.139. The van der Waals surface area contributed by atoms with Gasteiger partial charge < -0.3 is 10.2 Å². The van der Waals surface area contributed by atoms with Gasteiger partial charge in [0.05, 0.1) is 12.2 Å². The summed E-state index contributed by atoms with van der Waals surface area (Å²) in [5, 5.41) is 3.48. The van der Waals surface area contributed by atoms with Gasteiger partial charge in [-0.3, -0.25) is 15.0 Å². The summed E-state index contributed by atoms with van der Waals surface area (Å²) in [6.07, 6.45) is 3.91. The van der Waals surface area contributed by atoms with E-state index in [1.165, 1.54) is 11.0 Å². The number of anilines is 1. The van der Waals surface area contributed by atoms with E-state index in [0.29, 0.717) is 43.7 Å². The number of nitrogens with zero attached hydrogens (tertiary/aromatic N) is 2. The molecule has 0 unspecified atom stereocenters. The maximum absolute atomic E-state index is 14.3. The number of urea groups is 1. The number of imide groups is 1. The van der Waals surface area contributed by atoms with Crippen LogP contribution in [0.2, 0.25) is 0 Å². The van der Waals surface area contributed by atoms with Crippen molar-refractivity contribution in [2.24, 2.45) is 5.92 Å². The van der Waals surface area contributed by atoms with E-state index < -0.39 is 35.0 Å². The first-order valence-corrected chi connectivity index (χ1v) is 9.98. The highest BCUT2D eigenvalue weighted by molar-refractivity contribution is 6.08. The molecule has 1 saturated carbocycles. The summed E-state index contributed by atoms with van der Waals surface area (Å²) >= 11 is 0. The molecule has 1 spiro atoms. The van der Waals surface area contributed by atoms with Crippen LogP contribution in [0, 0.1) is 17.6 Å². The Morgan fingerprint density at radius 2 is 2.00 bits per heavy atom. The van der Waals surface area contributed by atoms with Gasteiger partial charge in [0.25, 0.3) is 11.8 Å². The number of carbonyl (C=O) groups is 3. The standard InChI is InChI=1S/C20H24F2N4O3/c1-12-4-6-20(7-5-12)18(28)26(19(29)23-20)24-16(27)11-25-8-2-3-13-9-14(21)10-15(22)17(13)25/h9-10,12H,2-8,11H2,1H3,(H,23,29)(H,24,27). The first kappa shape index (κ1) is 19.6. The Balaban J connectivity index is 1.45. The Labute approximate surface area is 167 Å². The first-order chi connectivity index (χ1) is 13.8. The zero-order valence-electron chi connectivity index (χ0n) is 16.3. The second-order valence-corrected chi connectivity index (χ2v) is 8.29. The molecular weight excluding hydrogens is 382 g/mol. The van der Waals surface area contributed by atoms with E-state index in [2.05, 4.69) is 17.7 Å². The highest BCUT2D eigenvalue weighted by Gasteiger charge is 2.52. The molecule has 4 rings (SSSR count). The Kier molecular flexibility index (Phi) is 4.92. The molecular formula is C20H24F2N4O3. The van der Waals surface area contributed by atoms with E-state index in [1.54, 1.807) is 0 Å².